The van der Waals surface area contributed by atoms with E-state index in [-0.39, 0.29) is 23.3 Å². The first-order valence-corrected chi connectivity index (χ1v) is 10.3. The molecule has 0 spiro atoms. The van der Waals surface area contributed by atoms with E-state index in [1.54, 1.807) is 30.3 Å². The Hall–Kier alpha value is -3.15. The van der Waals surface area contributed by atoms with E-state index in [9.17, 15) is 14.4 Å². The highest BCUT2D eigenvalue weighted by Crippen LogP contribution is 2.24. The van der Waals surface area contributed by atoms with Crippen molar-refractivity contribution in [1.29, 1.82) is 0 Å². The van der Waals surface area contributed by atoms with Gasteiger partial charge in [-0.25, -0.2) is 0 Å². The lowest BCUT2D eigenvalue weighted by atomic mass is 10.0. The molecule has 1 aliphatic rings. The lowest BCUT2D eigenvalue weighted by Crippen LogP contribution is -2.40. The minimum absolute atomic E-state index is 0.0549. The molecule has 1 saturated heterocycles. The number of hydrogen-bond acceptors (Lipinski definition) is 3. The maximum atomic E-state index is 12.9. The Balaban J connectivity index is 1.78. The van der Waals surface area contributed by atoms with Gasteiger partial charge in [-0.15, -0.1) is 0 Å². The van der Waals surface area contributed by atoms with E-state index in [4.69, 9.17) is 0 Å². The molecule has 2 aromatic carbocycles. The predicted molar refractivity (Wildman–Crippen MR) is 118 cm³/mol. The van der Waals surface area contributed by atoms with Crippen LogP contribution in [0.3, 0.4) is 0 Å². The fraction of sp³-hybridized carbons (Fsp3) is 0.375. The molecule has 0 saturated carbocycles. The molecule has 158 valence electrons. The van der Waals surface area contributed by atoms with Gasteiger partial charge in [0.1, 0.15) is 0 Å². The number of benzene rings is 2. The normalized spacial score (nSPS) is 13.8. The quantitative estimate of drug-likeness (QED) is 0.804. The van der Waals surface area contributed by atoms with E-state index in [1.807, 2.05) is 44.7 Å². The summed E-state index contributed by atoms with van der Waals surface area (Å²) >= 11 is 0. The minimum Gasteiger partial charge on any atom is -0.347 e. The van der Waals surface area contributed by atoms with Crippen molar-refractivity contribution >= 4 is 23.4 Å². The molecular weight excluding hydrogens is 378 g/mol. The number of likely N-dealkylation sites (tertiary alicyclic amines) is 1. The zero-order chi connectivity index (χ0) is 21.9. The van der Waals surface area contributed by atoms with Gasteiger partial charge in [0.15, 0.2) is 0 Å². The molecule has 1 heterocycles. The third-order valence-corrected chi connectivity index (χ3v) is 5.03. The number of carbonyl (C=O) groups is 3. The van der Waals surface area contributed by atoms with Gasteiger partial charge in [0.2, 0.25) is 0 Å². The Bertz CT molecular complexity index is 953. The Morgan fingerprint density at radius 3 is 2.00 bits per heavy atom. The van der Waals surface area contributed by atoms with Gasteiger partial charge < -0.3 is 15.5 Å². The largest absolute Gasteiger partial charge is 0.347 e. The van der Waals surface area contributed by atoms with Crippen molar-refractivity contribution < 1.29 is 14.4 Å². The summed E-state index contributed by atoms with van der Waals surface area (Å²) in [6, 6.07) is 11.9. The summed E-state index contributed by atoms with van der Waals surface area (Å²) in [5.41, 5.74) is 2.44. The molecule has 6 nitrogen and oxygen atoms in total. The second-order valence-corrected chi connectivity index (χ2v) is 8.73. The number of carbonyl (C=O) groups excluding carboxylic acids is 3. The summed E-state index contributed by atoms with van der Waals surface area (Å²) in [6.45, 7) is 9.11. The second kappa shape index (κ2) is 8.69. The molecule has 6 heteroatoms. The number of anilines is 1. The molecular formula is C24H29N3O3. The average molecular weight is 408 g/mol. The molecule has 0 radical (unpaired) electrons. The molecule has 0 aromatic heterocycles. The van der Waals surface area contributed by atoms with Gasteiger partial charge in [-0.1, -0.05) is 12.1 Å². The molecule has 2 aromatic rings. The zero-order valence-electron chi connectivity index (χ0n) is 18.0. The van der Waals surface area contributed by atoms with E-state index >= 15 is 0 Å². The molecule has 2 N–H and O–H groups in total. The van der Waals surface area contributed by atoms with Crippen LogP contribution in [0.15, 0.2) is 42.5 Å². The third-order valence-electron chi connectivity index (χ3n) is 5.03. The van der Waals surface area contributed by atoms with Crippen molar-refractivity contribution in [2.75, 3.05) is 18.4 Å². The molecule has 0 aliphatic carbocycles. The molecule has 3 rings (SSSR count). The molecule has 30 heavy (non-hydrogen) atoms. The molecule has 1 aliphatic heterocycles. The van der Waals surface area contributed by atoms with E-state index < -0.39 is 0 Å². The van der Waals surface area contributed by atoms with Gasteiger partial charge in [0.05, 0.1) is 11.3 Å². The monoisotopic (exact) mass is 407 g/mol. The number of aryl methyl sites for hydroxylation is 1. The summed E-state index contributed by atoms with van der Waals surface area (Å²) < 4.78 is 0. The lowest BCUT2D eigenvalue weighted by Gasteiger charge is -2.20. The average Bonchev–Trinajstić information content (AvgIpc) is 3.22. The van der Waals surface area contributed by atoms with E-state index in [0.717, 1.165) is 31.5 Å². The summed E-state index contributed by atoms with van der Waals surface area (Å²) in [5.74, 6) is -0.560. The maximum absolute atomic E-state index is 12.9. The maximum Gasteiger partial charge on any atom is 0.255 e. The van der Waals surface area contributed by atoms with E-state index in [1.165, 1.54) is 0 Å². The van der Waals surface area contributed by atoms with Crippen molar-refractivity contribution in [3.8, 4) is 0 Å². The molecule has 0 atom stereocenters. The lowest BCUT2D eigenvalue weighted by molar-refractivity contribution is 0.0793. The zero-order valence-corrected chi connectivity index (χ0v) is 18.0. The van der Waals surface area contributed by atoms with Crippen molar-refractivity contribution in [3.05, 3.63) is 64.7 Å². The fourth-order valence-corrected chi connectivity index (χ4v) is 3.47. The first kappa shape index (κ1) is 21.6. The van der Waals surface area contributed by atoms with Crippen LogP contribution in [-0.4, -0.2) is 41.2 Å². The van der Waals surface area contributed by atoms with Crippen molar-refractivity contribution in [2.24, 2.45) is 0 Å². The Labute approximate surface area is 177 Å². The highest BCUT2D eigenvalue weighted by Gasteiger charge is 2.23. The van der Waals surface area contributed by atoms with Crippen LogP contribution in [0.5, 0.6) is 0 Å². The molecule has 1 fully saturated rings. The Morgan fingerprint density at radius 1 is 0.867 bits per heavy atom. The van der Waals surface area contributed by atoms with Crippen LogP contribution in [0, 0.1) is 6.92 Å². The van der Waals surface area contributed by atoms with Crippen molar-refractivity contribution in [3.63, 3.8) is 0 Å². The summed E-state index contributed by atoms with van der Waals surface area (Å²) in [7, 11) is 0. The number of amides is 3. The highest BCUT2D eigenvalue weighted by molar-refractivity contribution is 6.10. The van der Waals surface area contributed by atoms with Crippen LogP contribution in [-0.2, 0) is 0 Å². The number of hydrogen-bond donors (Lipinski definition) is 2. The van der Waals surface area contributed by atoms with Crippen LogP contribution in [0.25, 0.3) is 0 Å². The SMILES string of the molecule is Cc1cccc(C(=O)N2CCCC2)c1NC(=O)c1ccc(C(=O)NC(C)(C)C)cc1. The standard InChI is InChI=1S/C24H29N3O3/c1-16-8-7-9-19(23(30)27-14-5-6-15-27)20(16)25-21(28)17-10-12-18(13-11-17)22(29)26-24(2,3)4/h7-13H,5-6,14-15H2,1-4H3,(H,25,28)(H,26,29). The third kappa shape index (κ3) is 5.06. The fourth-order valence-electron chi connectivity index (χ4n) is 3.47. The number of rotatable bonds is 4. The first-order valence-electron chi connectivity index (χ1n) is 10.3. The topological polar surface area (TPSA) is 78.5 Å². The van der Waals surface area contributed by atoms with Crippen molar-refractivity contribution in [2.45, 2.75) is 46.1 Å². The van der Waals surface area contributed by atoms with Gasteiger partial charge >= 0.3 is 0 Å². The molecule has 0 unspecified atom stereocenters. The van der Waals surface area contributed by atoms with Gasteiger partial charge in [-0.2, -0.15) is 0 Å². The predicted octanol–water partition coefficient (Wildman–Crippen LogP) is 4.01. The summed E-state index contributed by atoms with van der Waals surface area (Å²) in [4.78, 5) is 39.8. The number of para-hydroxylation sites is 1. The van der Waals surface area contributed by atoms with Gasteiger partial charge in [0.25, 0.3) is 17.7 Å². The van der Waals surface area contributed by atoms with Gasteiger partial charge in [0, 0.05) is 29.8 Å². The van der Waals surface area contributed by atoms with Crippen molar-refractivity contribution in [1.82, 2.24) is 10.2 Å². The Kier molecular flexibility index (Phi) is 6.25. The first-order chi connectivity index (χ1) is 14.2. The van der Waals surface area contributed by atoms with E-state index in [2.05, 4.69) is 10.6 Å². The van der Waals surface area contributed by atoms with Crippen LogP contribution in [0.4, 0.5) is 5.69 Å². The summed E-state index contributed by atoms with van der Waals surface area (Å²) in [5, 5.41) is 5.80. The highest BCUT2D eigenvalue weighted by atomic mass is 16.2. The second-order valence-electron chi connectivity index (χ2n) is 8.73. The van der Waals surface area contributed by atoms with Gasteiger partial charge in [-0.3, -0.25) is 14.4 Å². The van der Waals surface area contributed by atoms with Gasteiger partial charge in [-0.05, 0) is 76.4 Å². The minimum atomic E-state index is -0.337. The number of nitrogens with zero attached hydrogens (tertiary/aromatic N) is 1. The smallest absolute Gasteiger partial charge is 0.255 e. The van der Waals surface area contributed by atoms with Crippen LogP contribution >= 0.6 is 0 Å². The van der Waals surface area contributed by atoms with Crippen LogP contribution in [0.2, 0.25) is 0 Å². The Morgan fingerprint density at radius 2 is 1.43 bits per heavy atom. The van der Waals surface area contributed by atoms with E-state index in [0.29, 0.717) is 22.4 Å². The summed E-state index contributed by atoms with van der Waals surface area (Å²) in [6.07, 6.45) is 2.02. The number of nitrogens with one attached hydrogen (secondary N) is 2. The molecule has 3 amide bonds. The molecule has 0 bridgehead atoms. The van der Waals surface area contributed by atoms with Crippen LogP contribution in [0.1, 0.15) is 70.3 Å². The van der Waals surface area contributed by atoms with Crippen LogP contribution < -0.4 is 10.6 Å².